The second-order valence-corrected chi connectivity index (χ2v) is 14.7. The Balaban J connectivity index is 1.43. The van der Waals surface area contributed by atoms with E-state index in [9.17, 15) is 28.8 Å². The Bertz CT molecular complexity index is 2060. The zero-order valence-corrected chi connectivity index (χ0v) is 33.2. The van der Waals surface area contributed by atoms with Gasteiger partial charge >= 0.3 is 0 Å². The number of amides is 6. The van der Waals surface area contributed by atoms with Crippen LogP contribution in [0.3, 0.4) is 0 Å². The van der Waals surface area contributed by atoms with Gasteiger partial charge in [0.25, 0.3) is 5.91 Å². The van der Waals surface area contributed by atoms with E-state index in [0.29, 0.717) is 11.4 Å². The van der Waals surface area contributed by atoms with Gasteiger partial charge < -0.3 is 48.4 Å². The summed E-state index contributed by atoms with van der Waals surface area (Å²) >= 11 is 5.97. The van der Waals surface area contributed by atoms with Crippen LogP contribution in [0.2, 0.25) is 5.02 Å². The normalized spacial score (nSPS) is 13.0. The van der Waals surface area contributed by atoms with Gasteiger partial charge in [-0.2, -0.15) is 0 Å². The Morgan fingerprint density at radius 2 is 1.38 bits per heavy atom. The van der Waals surface area contributed by atoms with E-state index in [-0.39, 0.29) is 49.7 Å². The van der Waals surface area contributed by atoms with E-state index in [1.807, 2.05) is 56.3 Å². The van der Waals surface area contributed by atoms with Crippen LogP contribution in [0.1, 0.15) is 54.6 Å². The van der Waals surface area contributed by atoms with E-state index < -0.39 is 66.2 Å². The summed E-state index contributed by atoms with van der Waals surface area (Å²) in [4.78, 5) is 83.0. The molecule has 0 aliphatic heterocycles. The number of halogens is 1. The van der Waals surface area contributed by atoms with E-state index in [1.165, 1.54) is 12.1 Å². The third-order valence-electron chi connectivity index (χ3n) is 9.17. The largest absolute Gasteiger partial charge is 0.370 e. The molecule has 0 bridgehead atoms. The topological polar surface area (TPSA) is 266 Å². The van der Waals surface area contributed by atoms with Crippen LogP contribution in [-0.4, -0.2) is 83.6 Å². The molecule has 58 heavy (non-hydrogen) atoms. The number of primary amides is 1. The molecule has 308 valence electrons. The Kier molecular flexibility index (Phi) is 16.6. The van der Waals surface area contributed by atoms with Gasteiger partial charge in [0, 0.05) is 47.1 Å². The highest BCUT2D eigenvalue weighted by Gasteiger charge is 2.30. The number of aromatic amines is 1. The van der Waals surface area contributed by atoms with Crippen molar-refractivity contribution < 1.29 is 28.8 Å². The SMILES string of the molecule is CC(C)C[C@H](NC(=O)CNC(=O)[C@H](Cc1ccccc1)NC(=O)c1ccc(Cl)cc1)C(=O)N[C@@H](CCCNC(=N)N)C(=O)N[C@@H](Cc1c[nH]c2ccccc12)C(N)=O. The molecule has 4 atom stereocenters. The lowest BCUT2D eigenvalue weighted by Gasteiger charge is -2.26. The first-order chi connectivity index (χ1) is 27.7. The second-order valence-electron chi connectivity index (χ2n) is 14.3. The maximum Gasteiger partial charge on any atom is 0.251 e. The smallest absolute Gasteiger partial charge is 0.251 e. The fraction of sp³-hybridized carbons (Fsp3) is 0.341. The van der Waals surface area contributed by atoms with E-state index in [0.717, 1.165) is 22.0 Å². The molecule has 0 unspecified atom stereocenters. The number of nitrogens with one attached hydrogen (secondary N) is 8. The highest BCUT2D eigenvalue weighted by atomic mass is 35.5. The molecule has 0 fully saturated rings. The molecular weight excluding hydrogens is 764 g/mol. The van der Waals surface area contributed by atoms with Gasteiger partial charge in [0.15, 0.2) is 5.96 Å². The van der Waals surface area contributed by atoms with Crippen LogP contribution in [0.25, 0.3) is 10.9 Å². The standard InChI is InChI=1S/C41H51ClN10O6/c1-24(2)19-33(49-35(53)23-48-38(56)34(20-25-9-4-3-5-10-25)52-37(55)26-14-16-28(42)17-15-26)40(58)50-31(13-8-18-46-41(44)45)39(57)51-32(36(43)54)21-27-22-47-30-12-7-6-11-29(27)30/h3-7,9-12,14-17,22,24,31-34,47H,8,13,18-21,23H2,1-2H3,(H2,43,54)(H,48,56)(H,49,53)(H,50,58)(H,51,57)(H,52,55)(H4,44,45,46)/t31-,32-,33-,34-/m0/s1. The summed E-state index contributed by atoms with van der Waals surface area (Å²) in [6.45, 7) is 3.41. The Morgan fingerprint density at radius 1 is 0.724 bits per heavy atom. The minimum atomic E-state index is -1.17. The van der Waals surface area contributed by atoms with Gasteiger partial charge in [-0.3, -0.25) is 34.2 Å². The maximum absolute atomic E-state index is 13.8. The number of guanidine groups is 1. The first kappa shape index (κ1) is 44.3. The molecule has 0 radical (unpaired) electrons. The summed E-state index contributed by atoms with van der Waals surface area (Å²) in [5.41, 5.74) is 13.8. The van der Waals surface area contributed by atoms with Gasteiger partial charge in [-0.05, 0) is 66.6 Å². The van der Waals surface area contributed by atoms with Crippen LogP contribution in [0.5, 0.6) is 0 Å². The lowest BCUT2D eigenvalue weighted by Crippen LogP contribution is -2.57. The summed E-state index contributed by atoms with van der Waals surface area (Å²) in [5.74, 6) is -4.28. The molecule has 0 aliphatic carbocycles. The molecule has 16 nitrogen and oxygen atoms in total. The van der Waals surface area contributed by atoms with Crippen molar-refractivity contribution in [3.8, 4) is 0 Å². The number of hydrogen-bond donors (Lipinski definition) is 10. The number of carbonyl (C=O) groups excluding carboxylic acids is 6. The predicted molar refractivity (Wildman–Crippen MR) is 221 cm³/mol. The van der Waals surface area contributed by atoms with Crippen LogP contribution in [0, 0.1) is 11.3 Å². The molecule has 1 aromatic heterocycles. The first-order valence-corrected chi connectivity index (χ1v) is 19.3. The molecule has 6 amide bonds. The average molecular weight is 815 g/mol. The molecule has 4 aromatic rings. The Morgan fingerprint density at radius 3 is 2.05 bits per heavy atom. The van der Waals surface area contributed by atoms with Crippen LogP contribution in [0.15, 0.2) is 85.1 Å². The van der Waals surface area contributed by atoms with Crippen LogP contribution in [-0.2, 0) is 36.8 Å². The van der Waals surface area contributed by atoms with Gasteiger partial charge in [-0.15, -0.1) is 0 Å². The fourth-order valence-corrected chi connectivity index (χ4v) is 6.35. The van der Waals surface area contributed by atoms with Crippen molar-refractivity contribution in [1.82, 2.24) is 36.9 Å². The number of fused-ring (bicyclic) bond motifs is 1. The number of para-hydroxylation sites is 1. The lowest BCUT2D eigenvalue weighted by atomic mass is 10.0. The van der Waals surface area contributed by atoms with Gasteiger partial charge in [0.2, 0.25) is 29.5 Å². The number of hydrogen-bond acceptors (Lipinski definition) is 7. The summed E-state index contributed by atoms with van der Waals surface area (Å²) < 4.78 is 0. The van der Waals surface area contributed by atoms with Crippen molar-refractivity contribution in [2.75, 3.05) is 13.1 Å². The summed E-state index contributed by atoms with van der Waals surface area (Å²) in [5, 5.41) is 24.8. The highest BCUT2D eigenvalue weighted by Crippen LogP contribution is 2.19. The molecular formula is C41H51ClN10O6. The van der Waals surface area contributed by atoms with Crippen molar-refractivity contribution in [3.05, 3.63) is 107 Å². The molecule has 0 aliphatic rings. The minimum absolute atomic E-state index is 0.0774. The number of nitrogens with two attached hydrogens (primary N) is 2. The summed E-state index contributed by atoms with van der Waals surface area (Å²) in [6.07, 6.45) is 2.53. The first-order valence-electron chi connectivity index (χ1n) is 18.9. The number of rotatable bonds is 21. The summed E-state index contributed by atoms with van der Waals surface area (Å²) in [7, 11) is 0. The third-order valence-corrected chi connectivity index (χ3v) is 9.42. The Hall–Kier alpha value is -6.42. The van der Waals surface area contributed by atoms with E-state index in [1.54, 1.807) is 30.5 Å². The van der Waals surface area contributed by atoms with E-state index in [4.69, 9.17) is 28.5 Å². The number of benzene rings is 3. The van der Waals surface area contributed by atoms with Gasteiger partial charge in [0.1, 0.15) is 24.2 Å². The zero-order chi connectivity index (χ0) is 42.2. The zero-order valence-electron chi connectivity index (χ0n) is 32.4. The van der Waals surface area contributed by atoms with Crippen LogP contribution in [0.4, 0.5) is 0 Å². The predicted octanol–water partition coefficient (Wildman–Crippen LogP) is 1.77. The monoisotopic (exact) mass is 814 g/mol. The average Bonchev–Trinajstić information content (AvgIpc) is 3.60. The molecule has 1 heterocycles. The van der Waals surface area contributed by atoms with Crippen molar-refractivity contribution >= 4 is 63.9 Å². The van der Waals surface area contributed by atoms with Gasteiger partial charge in [-0.25, -0.2) is 0 Å². The van der Waals surface area contributed by atoms with Crippen molar-refractivity contribution in [2.24, 2.45) is 17.4 Å². The maximum atomic E-state index is 13.8. The Labute approximate surface area is 341 Å². The molecule has 17 heteroatoms. The van der Waals surface area contributed by atoms with Crippen molar-refractivity contribution in [1.29, 1.82) is 5.41 Å². The lowest BCUT2D eigenvalue weighted by molar-refractivity contribution is -0.133. The highest BCUT2D eigenvalue weighted by molar-refractivity contribution is 6.30. The molecule has 0 spiro atoms. The fourth-order valence-electron chi connectivity index (χ4n) is 6.23. The van der Waals surface area contributed by atoms with Crippen molar-refractivity contribution in [3.63, 3.8) is 0 Å². The van der Waals surface area contributed by atoms with E-state index >= 15 is 0 Å². The van der Waals surface area contributed by atoms with Crippen molar-refractivity contribution in [2.45, 2.75) is 70.1 Å². The minimum Gasteiger partial charge on any atom is -0.370 e. The molecule has 12 N–H and O–H groups in total. The quantitative estimate of drug-likeness (QED) is 0.0336. The molecule has 4 rings (SSSR count). The van der Waals surface area contributed by atoms with Gasteiger partial charge in [-0.1, -0.05) is 74.0 Å². The number of H-pyrrole nitrogens is 1. The molecule has 0 saturated carbocycles. The van der Waals surface area contributed by atoms with Gasteiger partial charge in [0.05, 0.1) is 6.54 Å². The third kappa shape index (κ3) is 14.0. The van der Waals surface area contributed by atoms with Crippen LogP contribution < -0.4 is 43.4 Å². The molecule has 3 aromatic carbocycles. The van der Waals surface area contributed by atoms with E-state index in [2.05, 4.69) is 36.9 Å². The number of aromatic nitrogens is 1. The van der Waals surface area contributed by atoms with Crippen LogP contribution >= 0.6 is 11.6 Å². The molecule has 0 saturated heterocycles. The number of carbonyl (C=O) groups is 6. The second kappa shape index (κ2) is 21.8. The summed E-state index contributed by atoms with van der Waals surface area (Å²) in [6, 6.07) is 18.2.